The van der Waals surface area contributed by atoms with Gasteiger partial charge in [-0.3, -0.25) is 14.9 Å². The van der Waals surface area contributed by atoms with Gasteiger partial charge in [-0.15, -0.1) is 11.3 Å². The number of nitrogens with zero attached hydrogens (tertiary/aromatic N) is 1. The first-order valence-corrected chi connectivity index (χ1v) is 8.16. The highest BCUT2D eigenvalue weighted by atomic mass is 32.1. The number of hydrogen-bond donors (Lipinski definition) is 1. The molecule has 0 saturated heterocycles. The molecular weight excluding hydrogens is 335 g/mol. The van der Waals surface area contributed by atoms with E-state index in [0.29, 0.717) is 0 Å². The Morgan fingerprint density at radius 3 is 2.71 bits per heavy atom. The van der Waals surface area contributed by atoms with Crippen LogP contribution in [0, 0.1) is 21.8 Å². The molecule has 2 rings (SSSR count). The highest BCUT2D eigenvalue weighted by molar-refractivity contribution is 7.10. The molecule has 1 aromatic heterocycles. The van der Waals surface area contributed by atoms with Crippen LogP contribution in [0.2, 0.25) is 0 Å². The maximum atomic E-state index is 13.5. The molecule has 1 N–H and O–H groups in total. The molecule has 0 bridgehead atoms. The van der Waals surface area contributed by atoms with Crippen molar-refractivity contribution in [1.29, 1.82) is 0 Å². The molecule has 1 atom stereocenters. The minimum Gasteiger partial charge on any atom is -0.484 e. The van der Waals surface area contributed by atoms with E-state index in [1.165, 1.54) is 6.07 Å². The van der Waals surface area contributed by atoms with Gasteiger partial charge in [0.15, 0.2) is 6.61 Å². The number of carbonyl (C=O) groups is 1. The molecule has 0 saturated carbocycles. The first-order valence-electron chi connectivity index (χ1n) is 7.28. The van der Waals surface area contributed by atoms with E-state index in [4.69, 9.17) is 4.74 Å². The number of halogens is 1. The Bertz CT molecular complexity index is 719. The lowest BCUT2D eigenvalue weighted by Gasteiger charge is -2.21. The van der Waals surface area contributed by atoms with Crippen LogP contribution in [0.3, 0.4) is 0 Å². The van der Waals surface area contributed by atoms with Crippen LogP contribution in [0.25, 0.3) is 0 Å². The number of nitro groups is 1. The Kier molecular flexibility index (Phi) is 5.86. The standard InChI is InChI=1S/C16H17FN2O4S/c1-10(2)16(14-4-3-7-24-14)18-15(20)9-23-11-5-6-13(19(21)22)12(17)8-11/h3-8,10,16H,9H2,1-2H3,(H,18,20). The van der Waals surface area contributed by atoms with Gasteiger partial charge in [0.25, 0.3) is 5.91 Å². The predicted molar refractivity (Wildman–Crippen MR) is 88.6 cm³/mol. The summed E-state index contributed by atoms with van der Waals surface area (Å²) >= 11 is 1.55. The van der Waals surface area contributed by atoms with Crippen LogP contribution in [0.15, 0.2) is 35.7 Å². The molecule has 0 aliphatic carbocycles. The zero-order chi connectivity index (χ0) is 17.7. The third-order valence-electron chi connectivity index (χ3n) is 3.32. The van der Waals surface area contributed by atoms with Crippen LogP contribution in [-0.4, -0.2) is 17.4 Å². The van der Waals surface area contributed by atoms with Crippen molar-refractivity contribution in [1.82, 2.24) is 5.32 Å². The van der Waals surface area contributed by atoms with Crippen LogP contribution in [0.1, 0.15) is 24.8 Å². The molecule has 1 heterocycles. The second-order valence-electron chi connectivity index (χ2n) is 5.46. The number of hydrogen-bond acceptors (Lipinski definition) is 5. The Balaban J connectivity index is 1.95. The molecule has 0 fully saturated rings. The summed E-state index contributed by atoms with van der Waals surface area (Å²) in [7, 11) is 0. The Morgan fingerprint density at radius 2 is 2.17 bits per heavy atom. The Morgan fingerprint density at radius 1 is 1.42 bits per heavy atom. The lowest BCUT2D eigenvalue weighted by molar-refractivity contribution is -0.387. The summed E-state index contributed by atoms with van der Waals surface area (Å²) in [5.41, 5.74) is -0.635. The summed E-state index contributed by atoms with van der Waals surface area (Å²) in [5.74, 6) is -1.09. The quantitative estimate of drug-likeness (QED) is 0.609. The maximum absolute atomic E-state index is 13.5. The average molecular weight is 352 g/mol. The fourth-order valence-electron chi connectivity index (χ4n) is 2.12. The first kappa shape index (κ1) is 17.9. The number of nitro benzene ring substituents is 1. The number of amides is 1. The van der Waals surface area contributed by atoms with Gasteiger partial charge >= 0.3 is 5.69 Å². The van der Waals surface area contributed by atoms with Crippen molar-refractivity contribution >= 4 is 22.9 Å². The molecule has 128 valence electrons. The number of ether oxygens (including phenoxy) is 1. The number of thiophene rings is 1. The maximum Gasteiger partial charge on any atom is 0.305 e. The van der Waals surface area contributed by atoms with Crippen molar-refractivity contribution in [3.63, 3.8) is 0 Å². The summed E-state index contributed by atoms with van der Waals surface area (Å²) in [4.78, 5) is 22.8. The summed E-state index contributed by atoms with van der Waals surface area (Å²) < 4.78 is 18.7. The van der Waals surface area contributed by atoms with Crippen molar-refractivity contribution in [3.05, 3.63) is 56.5 Å². The molecule has 8 heteroatoms. The third kappa shape index (κ3) is 4.51. The SMILES string of the molecule is CC(C)C(NC(=O)COc1ccc([N+](=O)[O-])c(F)c1)c1cccs1. The topological polar surface area (TPSA) is 81.5 Å². The van der Waals surface area contributed by atoms with Crippen LogP contribution < -0.4 is 10.1 Å². The van der Waals surface area contributed by atoms with Crippen LogP contribution in [-0.2, 0) is 4.79 Å². The van der Waals surface area contributed by atoms with Gasteiger partial charge in [0.05, 0.1) is 11.0 Å². The molecule has 0 aliphatic heterocycles. The van der Waals surface area contributed by atoms with E-state index in [0.717, 1.165) is 17.0 Å². The molecular formula is C16H17FN2O4S. The minimum absolute atomic E-state index is 0.0606. The van der Waals surface area contributed by atoms with Crippen molar-refractivity contribution in [2.24, 2.45) is 5.92 Å². The van der Waals surface area contributed by atoms with E-state index in [-0.39, 0.29) is 30.2 Å². The molecule has 2 aromatic rings. The van der Waals surface area contributed by atoms with Crippen LogP contribution >= 0.6 is 11.3 Å². The minimum atomic E-state index is -1.00. The van der Waals surface area contributed by atoms with Crippen molar-refractivity contribution in [3.8, 4) is 5.75 Å². The van der Waals surface area contributed by atoms with E-state index in [1.807, 2.05) is 31.4 Å². The number of rotatable bonds is 7. The van der Waals surface area contributed by atoms with E-state index in [9.17, 15) is 19.3 Å². The zero-order valence-electron chi connectivity index (χ0n) is 13.2. The molecule has 1 amide bonds. The molecule has 1 unspecified atom stereocenters. The van der Waals surface area contributed by atoms with Crippen molar-refractivity contribution in [2.45, 2.75) is 19.9 Å². The van der Waals surface area contributed by atoms with E-state index >= 15 is 0 Å². The van der Waals surface area contributed by atoms with E-state index in [2.05, 4.69) is 5.32 Å². The van der Waals surface area contributed by atoms with Gasteiger partial charge in [-0.05, 0) is 23.4 Å². The van der Waals surface area contributed by atoms with Crippen molar-refractivity contribution in [2.75, 3.05) is 6.61 Å². The second-order valence-corrected chi connectivity index (χ2v) is 6.44. The van der Waals surface area contributed by atoms with Gasteiger partial charge in [0.2, 0.25) is 5.82 Å². The highest BCUT2D eigenvalue weighted by Crippen LogP contribution is 2.26. The van der Waals surface area contributed by atoms with Gasteiger partial charge in [-0.25, -0.2) is 0 Å². The Labute approximate surface area is 142 Å². The molecule has 0 aliphatic rings. The number of benzene rings is 1. The fraction of sp³-hybridized carbons (Fsp3) is 0.312. The van der Waals surface area contributed by atoms with Gasteiger partial charge < -0.3 is 10.1 Å². The van der Waals surface area contributed by atoms with Crippen molar-refractivity contribution < 1.29 is 18.8 Å². The molecule has 0 radical (unpaired) electrons. The predicted octanol–water partition coefficient (Wildman–Crippen LogP) is 3.69. The van der Waals surface area contributed by atoms with Gasteiger partial charge in [0.1, 0.15) is 5.75 Å². The molecule has 24 heavy (non-hydrogen) atoms. The largest absolute Gasteiger partial charge is 0.484 e. The Hall–Kier alpha value is -2.48. The lowest BCUT2D eigenvalue weighted by atomic mass is 10.0. The number of nitrogens with one attached hydrogen (secondary N) is 1. The van der Waals surface area contributed by atoms with E-state index < -0.39 is 16.4 Å². The van der Waals surface area contributed by atoms with Crippen LogP contribution in [0.5, 0.6) is 5.75 Å². The van der Waals surface area contributed by atoms with Gasteiger partial charge in [0, 0.05) is 17.0 Å². The summed E-state index contributed by atoms with van der Waals surface area (Å²) in [6.45, 7) is 3.69. The second kappa shape index (κ2) is 7.87. The molecule has 1 aromatic carbocycles. The van der Waals surface area contributed by atoms with Gasteiger partial charge in [-0.2, -0.15) is 4.39 Å². The summed E-state index contributed by atoms with van der Waals surface area (Å²) in [5, 5.41) is 15.4. The number of carbonyl (C=O) groups excluding carboxylic acids is 1. The highest BCUT2D eigenvalue weighted by Gasteiger charge is 2.20. The lowest BCUT2D eigenvalue weighted by Crippen LogP contribution is -2.34. The molecule has 6 nitrogen and oxygen atoms in total. The average Bonchev–Trinajstić information content (AvgIpc) is 3.04. The normalized spacial score (nSPS) is 12.0. The van der Waals surface area contributed by atoms with Crippen LogP contribution in [0.4, 0.5) is 10.1 Å². The zero-order valence-corrected chi connectivity index (χ0v) is 14.0. The summed E-state index contributed by atoms with van der Waals surface area (Å²) in [6, 6.07) is 6.89. The summed E-state index contributed by atoms with van der Waals surface area (Å²) in [6.07, 6.45) is 0. The third-order valence-corrected chi connectivity index (χ3v) is 4.27. The van der Waals surface area contributed by atoms with E-state index in [1.54, 1.807) is 11.3 Å². The monoisotopic (exact) mass is 352 g/mol. The smallest absolute Gasteiger partial charge is 0.305 e. The first-order chi connectivity index (χ1) is 11.4. The molecule has 0 spiro atoms. The fourth-order valence-corrected chi connectivity index (χ4v) is 3.07. The van der Waals surface area contributed by atoms with Gasteiger partial charge in [-0.1, -0.05) is 19.9 Å².